The predicted molar refractivity (Wildman–Crippen MR) is 101 cm³/mol. The van der Waals surface area contributed by atoms with Gasteiger partial charge in [0.2, 0.25) is 0 Å². The fourth-order valence-corrected chi connectivity index (χ4v) is 3.56. The Labute approximate surface area is 162 Å². The Morgan fingerprint density at radius 2 is 1.96 bits per heavy atom. The van der Waals surface area contributed by atoms with Crippen molar-refractivity contribution in [2.45, 2.75) is 25.3 Å². The van der Waals surface area contributed by atoms with Gasteiger partial charge >= 0.3 is 0 Å². The first kappa shape index (κ1) is 21.4. The molecule has 136 valence electrons. The number of nitro groups is 1. The molecule has 1 aromatic rings. The van der Waals surface area contributed by atoms with Gasteiger partial charge in [-0.25, -0.2) is 0 Å². The number of aromatic hydroxyl groups is 1. The standard InChI is InChI=1S/C15H20BrN3O3.2ClH/c16-13-9-11(19(21)22)8-12(15(13)20)14(7-10-1-2-10)18-5-3-17-4-6-18;;/h8-10,14,17,20H,1-7H2;2*1H/t14-;;/m1../s1. The number of nitro benzene ring substituents is 1. The minimum absolute atomic E-state index is 0. The molecule has 9 heteroatoms. The van der Waals surface area contributed by atoms with E-state index >= 15 is 0 Å². The van der Waals surface area contributed by atoms with Crippen LogP contribution in [-0.2, 0) is 0 Å². The van der Waals surface area contributed by atoms with Crippen LogP contribution in [0.25, 0.3) is 0 Å². The maximum Gasteiger partial charge on any atom is 0.271 e. The molecule has 1 atom stereocenters. The first-order chi connectivity index (χ1) is 10.6. The number of nitrogens with zero attached hydrogens (tertiary/aromatic N) is 2. The molecule has 0 radical (unpaired) electrons. The number of phenolic OH excluding ortho intramolecular Hbond substituents is 1. The predicted octanol–water partition coefficient (Wildman–Crippen LogP) is 3.65. The van der Waals surface area contributed by atoms with Crippen molar-refractivity contribution in [3.63, 3.8) is 0 Å². The number of non-ortho nitro benzene ring substituents is 1. The van der Waals surface area contributed by atoms with Gasteiger partial charge in [-0.15, -0.1) is 24.8 Å². The zero-order valence-electron chi connectivity index (χ0n) is 13.1. The van der Waals surface area contributed by atoms with E-state index < -0.39 is 4.92 Å². The highest BCUT2D eigenvalue weighted by atomic mass is 79.9. The molecule has 2 fully saturated rings. The number of halogens is 3. The van der Waals surface area contributed by atoms with E-state index in [4.69, 9.17) is 0 Å². The molecule has 1 aliphatic heterocycles. The van der Waals surface area contributed by atoms with Crippen LogP contribution in [0.1, 0.15) is 30.9 Å². The first-order valence-corrected chi connectivity index (χ1v) is 8.47. The van der Waals surface area contributed by atoms with Crippen LogP contribution < -0.4 is 5.32 Å². The molecule has 3 rings (SSSR count). The van der Waals surface area contributed by atoms with Gasteiger partial charge in [-0.1, -0.05) is 12.8 Å². The minimum atomic E-state index is -0.403. The number of hydrogen-bond acceptors (Lipinski definition) is 5. The Bertz CT molecular complexity index is 581. The van der Waals surface area contributed by atoms with Crippen molar-refractivity contribution in [2.24, 2.45) is 5.92 Å². The third-order valence-corrected chi connectivity index (χ3v) is 5.10. The molecule has 0 amide bonds. The Morgan fingerprint density at radius 1 is 1.33 bits per heavy atom. The topological polar surface area (TPSA) is 78.6 Å². The Kier molecular flexibility index (Phi) is 8.22. The largest absolute Gasteiger partial charge is 0.506 e. The van der Waals surface area contributed by atoms with Crippen LogP contribution in [0.5, 0.6) is 5.75 Å². The van der Waals surface area contributed by atoms with Crippen LogP contribution in [-0.4, -0.2) is 41.1 Å². The lowest BCUT2D eigenvalue weighted by Crippen LogP contribution is -2.45. The summed E-state index contributed by atoms with van der Waals surface area (Å²) in [5.41, 5.74) is 0.700. The zero-order chi connectivity index (χ0) is 15.7. The molecule has 1 saturated carbocycles. The molecule has 2 N–H and O–H groups in total. The molecular formula is C15H22BrCl2N3O3. The number of benzene rings is 1. The van der Waals surface area contributed by atoms with Crippen molar-refractivity contribution >= 4 is 46.4 Å². The van der Waals surface area contributed by atoms with Crippen molar-refractivity contribution in [3.8, 4) is 5.75 Å². The molecule has 1 aliphatic carbocycles. The summed E-state index contributed by atoms with van der Waals surface area (Å²) in [5, 5.41) is 24.9. The summed E-state index contributed by atoms with van der Waals surface area (Å²) in [6, 6.07) is 2.95. The average molecular weight is 443 g/mol. The molecule has 0 aromatic heterocycles. The van der Waals surface area contributed by atoms with Crippen LogP contribution in [0.3, 0.4) is 0 Å². The summed E-state index contributed by atoms with van der Waals surface area (Å²) in [4.78, 5) is 13.1. The van der Waals surface area contributed by atoms with Gasteiger partial charge in [0, 0.05) is 49.9 Å². The SMILES string of the molecule is Cl.Cl.O=[N+]([O-])c1cc(Br)c(O)c([C@@H](CC2CC2)N2CCNCC2)c1. The molecule has 0 spiro atoms. The number of hydrogen-bond donors (Lipinski definition) is 2. The third-order valence-electron chi connectivity index (χ3n) is 4.49. The second-order valence-corrected chi connectivity index (χ2v) is 6.96. The van der Waals surface area contributed by atoms with E-state index in [2.05, 4.69) is 26.1 Å². The maximum atomic E-state index is 11.1. The quantitative estimate of drug-likeness (QED) is 0.537. The molecule has 1 aromatic carbocycles. The van der Waals surface area contributed by atoms with E-state index in [-0.39, 0.29) is 42.3 Å². The van der Waals surface area contributed by atoms with E-state index in [1.54, 1.807) is 0 Å². The molecule has 6 nitrogen and oxygen atoms in total. The highest BCUT2D eigenvalue weighted by Crippen LogP contribution is 2.45. The van der Waals surface area contributed by atoms with E-state index in [0.717, 1.165) is 32.6 Å². The maximum absolute atomic E-state index is 11.1. The Hall–Kier alpha value is -0.600. The molecule has 1 heterocycles. The van der Waals surface area contributed by atoms with Gasteiger partial charge in [0.15, 0.2) is 0 Å². The zero-order valence-corrected chi connectivity index (χ0v) is 16.3. The molecular weight excluding hydrogens is 421 g/mol. The number of piperazine rings is 1. The summed E-state index contributed by atoms with van der Waals surface area (Å²) in [5.74, 6) is 0.812. The molecule has 1 saturated heterocycles. The molecule has 24 heavy (non-hydrogen) atoms. The number of phenols is 1. The first-order valence-electron chi connectivity index (χ1n) is 7.68. The number of rotatable bonds is 5. The van der Waals surface area contributed by atoms with Crippen molar-refractivity contribution < 1.29 is 10.0 Å². The summed E-state index contributed by atoms with van der Waals surface area (Å²) in [6.45, 7) is 3.63. The summed E-state index contributed by atoms with van der Waals surface area (Å²) in [7, 11) is 0. The van der Waals surface area contributed by atoms with Gasteiger partial charge in [0.05, 0.1) is 9.40 Å². The fraction of sp³-hybridized carbons (Fsp3) is 0.600. The van der Waals surface area contributed by atoms with Gasteiger partial charge in [-0.3, -0.25) is 15.0 Å². The smallest absolute Gasteiger partial charge is 0.271 e. The van der Waals surface area contributed by atoms with Gasteiger partial charge < -0.3 is 10.4 Å². The third kappa shape index (κ3) is 4.95. The highest BCUT2D eigenvalue weighted by molar-refractivity contribution is 9.10. The number of nitrogens with one attached hydrogen (secondary N) is 1. The van der Waals surface area contributed by atoms with Gasteiger partial charge in [0.25, 0.3) is 5.69 Å². The average Bonchev–Trinajstić information content (AvgIpc) is 3.32. The second-order valence-electron chi connectivity index (χ2n) is 6.10. The van der Waals surface area contributed by atoms with Gasteiger partial charge in [-0.2, -0.15) is 0 Å². The Balaban J connectivity index is 0.00000144. The Morgan fingerprint density at radius 3 is 2.50 bits per heavy atom. The van der Waals surface area contributed by atoms with Gasteiger partial charge in [0.1, 0.15) is 5.75 Å². The van der Waals surface area contributed by atoms with Crippen molar-refractivity contribution in [1.29, 1.82) is 0 Å². The van der Waals surface area contributed by atoms with Crippen molar-refractivity contribution in [1.82, 2.24) is 10.2 Å². The summed E-state index contributed by atoms with van der Waals surface area (Å²) < 4.78 is 0.396. The monoisotopic (exact) mass is 441 g/mol. The van der Waals surface area contributed by atoms with Crippen LogP contribution in [0.15, 0.2) is 16.6 Å². The molecule has 0 bridgehead atoms. The lowest BCUT2D eigenvalue weighted by atomic mass is 9.97. The normalized spacial score (nSPS) is 19.0. The van der Waals surface area contributed by atoms with Gasteiger partial charge in [-0.05, 0) is 28.3 Å². The highest BCUT2D eigenvalue weighted by Gasteiger charge is 2.33. The molecule has 2 aliphatic rings. The van der Waals surface area contributed by atoms with Crippen molar-refractivity contribution in [3.05, 3.63) is 32.3 Å². The van der Waals surface area contributed by atoms with E-state index in [1.807, 2.05) is 0 Å². The fourth-order valence-electron chi connectivity index (χ4n) is 3.10. The van der Waals surface area contributed by atoms with E-state index in [0.29, 0.717) is 16.0 Å². The summed E-state index contributed by atoms with van der Waals surface area (Å²) in [6.07, 6.45) is 3.40. The lowest BCUT2D eigenvalue weighted by Gasteiger charge is -2.35. The second kappa shape index (κ2) is 9.20. The van der Waals surface area contributed by atoms with Crippen LogP contribution >= 0.6 is 40.7 Å². The van der Waals surface area contributed by atoms with Crippen LogP contribution in [0.4, 0.5) is 5.69 Å². The summed E-state index contributed by atoms with van der Waals surface area (Å²) >= 11 is 3.25. The minimum Gasteiger partial charge on any atom is -0.506 e. The van der Waals surface area contributed by atoms with Crippen LogP contribution in [0, 0.1) is 16.0 Å². The van der Waals surface area contributed by atoms with E-state index in [1.165, 1.54) is 25.0 Å². The van der Waals surface area contributed by atoms with Crippen LogP contribution in [0.2, 0.25) is 0 Å². The van der Waals surface area contributed by atoms with Crippen molar-refractivity contribution in [2.75, 3.05) is 26.2 Å². The molecule has 0 unspecified atom stereocenters. The van der Waals surface area contributed by atoms with E-state index in [9.17, 15) is 15.2 Å². The lowest BCUT2D eigenvalue weighted by molar-refractivity contribution is -0.385.